The molecule has 10 heteroatoms. The largest absolute Gasteiger partial charge is 0.493 e. The van der Waals surface area contributed by atoms with Crippen molar-refractivity contribution in [1.82, 2.24) is 9.78 Å². The van der Waals surface area contributed by atoms with Gasteiger partial charge in [0.2, 0.25) is 0 Å². The molecule has 0 aliphatic carbocycles. The molecule has 1 aromatic heterocycles. The van der Waals surface area contributed by atoms with Crippen molar-refractivity contribution in [3.8, 4) is 11.5 Å². The summed E-state index contributed by atoms with van der Waals surface area (Å²) in [6, 6.07) is 9.24. The average molecular weight is 474 g/mol. The predicted octanol–water partition coefficient (Wildman–Crippen LogP) is 5.43. The number of amides is 1. The highest BCUT2D eigenvalue weighted by atomic mass is 19.4. The van der Waals surface area contributed by atoms with Crippen molar-refractivity contribution in [2.45, 2.75) is 38.5 Å². The molecular formula is C24H25F3N4O3. The lowest BCUT2D eigenvalue weighted by Crippen LogP contribution is -2.35. The highest BCUT2D eigenvalue weighted by Crippen LogP contribution is 2.44. The fraction of sp³-hybridized carbons (Fsp3) is 0.333. The van der Waals surface area contributed by atoms with Gasteiger partial charge in [-0.1, -0.05) is 23.8 Å². The number of carbonyl (C=O) groups excluding carboxylic acids is 1. The van der Waals surface area contributed by atoms with Crippen LogP contribution >= 0.6 is 0 Å². The number of anilines is 2. The van der Waals surface area contributed by atoms with E-state index in [-0.39, 0.29) is 17.9 Å². The molecule has 0 bridgehead atoms. The highest BCUT2D eigenvalue weighted by molar-refractivity contribution is 6.03. The molecular weight excluding hydrogens is 449 g/mol. The Balaban J connectivity index is 1.65. The molecule has 7 nitrogen and oxygen atoms in total. The first-order valence-electron chi connectivity index (χ1n) is 10.6. The molecule has 2 heterocycles. The maximum absolute atomic E-state index is 14.0. The summed E-state index contributed by atoms with van der Waals surface area (Å²) in [7, 11) is 2.95. The number of carbonyl (C=O) groups is 1. The zero-order valence-electron chi connectivity index (χ0n) is 19.2. The first kappa shape index (κ1) is 23.5. The van der Waals surface area contributed by atoms with Crippen molar-refractivity contribution < 1.29 is 27.4 Å². The summed E-state index contributed by atoms with van der Waals surface area (Å²) in [5.41, 5.74) is 2.94. The lowest BCUT2D eigenvalue weighted by molar-refractivity contribution is -0.173. The van der Waals surface area contributed by atoms with Crippen LogP contribution in [0.2, 0.25) is 0 Å². The molecule has 1 aliphatic rings. The number of hydrogen-bond acceptors (Lipinski definition) is 5. The van der Waals surface area contributed by atoms with Gasteiger partial charge in [-0.25, -0.2) is 4.68 Å². The van der Waals surface area contributed by atoms with Gasteiger partial charge in [-0.2, -0.15) is 18.3 Å². The monoisotopic (exact) mass is 474 g/mol. The molecule has 34 heavy (non-hydrogen) atoms. The summed E-state index contributed by atoms with van der Waals surface area (Å²) in [6.07, 6.45) is -4.86. The number of nitrogens with zero attached hydrogens (tertiary/aromatic N) is 2. The van der Waals surface area contributed by atoms with Crippen molar-refractivity contribution in [3.05, 3.63) is 64.8 Å². The van der Waals surface area contributed by atoms with Crippen LogP contribution in [0.25, 0.3) is 0 Å². The Morgan fingerprint density at radius 1 is 1.09 bits per heavy atom. The van der Waals surface area contributed by atoms with Crippen LogP contribution in [0.1, 0.15) is 45.7 Å². The molecule has 0 fully saturated rings. The Bertz CT molecular complexity index is 1220. The zero-order chi connectivity index (χ0) is 24.6. The fourth-order valence-electron chi connectivity index (χ4n) is 4.11. The minimum atomic E-state index is -4.56. The van der Waals surface area contributed by atoms with Crippen molar-refractivity contribution in [2.24, 2.45) is 0 Å². The van der Waals surface area contributed by atoms with Crippen LogP contribution < -0.4 is 20.1 Å². The van der Waals surface area contributed by atoms with Crippen molar-refractivity contribution >= 4 is 17.4 Å². The summed E-state index contributed by atoms with van der Waals surface area (Å²) < 4.78 is 53.3. The van der Waals surface area contributed by atoms with E-state index >= 15 is 0 Å². The summed E-state index contributed by atoms with van der Waals surface area (Å²) in [5, 5.41) is 9.83. The second-order valence-electron chi connectivity index (χ2n) is 8.24. The predicted molar refractivity (Wildman–Crippen MR) is 122 cm³/mol. The number of aryl methyl sites for hydroxylation is 2. The van der Waals surface area contributed by atoms with E-state index in [4.69, 9.17) is 9.47 Å². The van der Waals surface area contributed by atoms with Gasteiger partial charge in [0.1, 0.15) is 5.82 Å². The Morgan fingerprint density at radius 3 is 2.47 bits per heavy atom. The summed E-state index contributed by atoms with van der Waals surface area (Å²) in [4.78, 5) is 12.8. The molecule has 180 valence electrons. The third-order valence-corrected chi connectivity index (χ3v) is 5.86. The molecule has 2 aromatic carbocycles. The third-order valence-electron chi connectivity index (χ3n) is 5.86. The van der Waals surface area contributed by atoms with Crippen LogP contribution in [0.5, 0.6) is 11.5 Å². The van der Waals surface area contributed by atoms with Gasteiger partial charge in [0.25, 0.3) is 5.91 Å². The molecule has 2 atom stereocenters. The molecule has 0 spiro atoms. The fourth-order valence-corrected chi connectivity index (χ4v) is 4.11. The molecule has 4 rings (SSSR count). The molecule has 0 radical (unpaired) electrons. The van der Waals surface area contributed by atoms with E-state index in [0.29, 0.717) is 22.7 Å². The van der Waals surface area contributed by atoms with E-state index in [0.717, 1.165) is 15.8 Å². The van der Waals surface area contributed by atoms with Gasteiger partial charge >= 0.3 is 6.18 Å². The maximum atomic E-state index is 14.0. The van der Waals surface area contributed by atoms with Crippen molar-refractivity contribution in [1.29, 1.82) is 0 Å². The second-order valence-corrected chi connectivity index (χ2v) is 8.24. The lowest BCUT2D eigenvalue weighted by Gasteiger charge is -2.33. The second kappa shape index (κ2) is 8.92. The average Bonchev–Trinajstić information content (AvgIpc) is 3.23. The summed E-state index contributed by atoms with van der Waals surface area (Å²) >= 11 is 0. The highest BCUT2D eigenvalue weighted by Gasteiger charge is 2.47. The van der Waals surface area contributed by atoms with Gasteiger partial charge in [0.15, 0.2) is 23.2 Å². The molecule has 2 N–H and O–H groups in total. The molecule has 0 saturated carbocycles. The minimum absolute atomic E-state index is 0.107. The van der Waals surface area contributed by atoms with E-state index in [2.05, 4.69) is 15.7 Å². The van der Waals surface area contributed by atoms with Gasteiger partial charge < -0.3 is 20.1 Å². The number of rotatable bonds is 5. The van der Waals surface area contributed by atoms with Crippen LogP contribution in [0.15, 0.2) is 42.5 Å². The van der Waals surface area contributed by atoms with Gasteiger partial charge in [0, 0.05) is 18.2 Å². The minimum Gasteiger partial charge on any atom is -0.493 e. The number of halogens is 3. The van der Waals surface area contributed by atoms with Crippen LogP contribution in [0.3, 0.4) is 0 Å². The lowest BCUT2D eigenvalue weighted by atomic mass is 9.96. The Labute approximate surface area is 194 Å². The summed E-state index contributed by atoms with van der Waals surface area (Å²) in [6.45, 7) is 3.77. The van der Waals surface area contributed by atoms with Crippen LogP contribution in [0, 0.1) is 13.8 Å². The first-order chi connectivity index (χ1) is 16.1. The number of aromatic nitrogens is 2. The molecule has 2 unspecified atom stereocenters. The van der Waals surface area contributed by atoms with E-state index in [1.165, 1.54) is 20.3 Å². The van der Waals surface area contributed by atoms with Crippen LogP contribution in [-0.2, 0) is 0 Å². The number of ether oxygens (including phenoxy) is 2. The number of nitrogens with one attached hydrogen (secondary N) is 2. The maximum Gasteiger partial charge on any atom is 0.410 e. The van der Waals surface area contributed by atoms with Crippen LogP contribution in [-0.4, -0.2) is 36.1 Å². The van der Waals surface area contributed by atoms with E-state index in [1.807, 2.05) is 26.0 Å². The standard InChI is InChI=1S/C24H25F3N4O3/c1-13-5-7-16(14(2)9-13)29-23(32)18-12-22-28-17(11-21(24(25,26)27)31(22)30-18)15-6-8-19(33-3)20(10-15)34-4/h5-10,12,17,21,28H,11H2,1-4H3,(H,29,32). The third kappa shape index (κ3) is 4.52. The Hall–Kier alpha value is -3.69. The van der Waals surface area contributed by atoms with Gasteiger partial charge in [-0.15, -0.1) is 0 Å². The van der Waals surface area contributed by atoms with Crippen LogP contribution in [0.4, 0.5) is 24.7 Å². The van der Waals surface area contributed by atoms with Crippen molar-refractivity contribution in [2.75, 3.05) is 24.9 Å². The smallest absolute Gasteiger partial charge is 0.410 e. The number of alkyl halides is 3. The number of benzene rings is 2. The Morgan fingerprint density at radius 2 is 1.82 bits per heavy atom. The van der Waals surface area contributed by atoms with Crippen molar-refractivity contribution in [3.63, 3.8) is 0 Å². The Kier molecular flexibility index (Phi) is 6.16. The number of hydrogen-bond donors (Lipinski definition) is 2. The topological polar surface area (TPSA) is 77.4 Å². The van der Waals surface area contributed by atoms with E-state index < -0.39 is 24.2 Å². The van der Waals surface area contributed by atoms with Gasteiger partial charge in [-0.3, -0.25) is 4.79 Å². The number of methoxy groups -OCH3 is 2. The van der Waals surface area contributed by atoms with E-state index in [1.54, 1.807) is 24.3 Å². The quantitative estimate of drug-likeness (QED) is 0.516. The number of fused-ring (bicyclic) bond motifs is 1. The molecule has 1 aliphatic heterocycles. The molecule has 1 amide bonds. The first-order valence-corrected chi connectivity index (χ1v) is 10.6. The van der Waals surface area contributed by atoms with Gasteiger partial charge in [-0.05, 0) is 43.2 Å². The SMILES string of the molecule is COc1ccc(C2CC(C(F)(F)F)n3nc(C(=O)Nc4ccc(C)cc4C)cc3N2)cc1OC. The van der Waals surface area contributed by atoms with E-state index in [9.17, 15) is 18.0 Å². The van der Waals surface area contributed by atoms with Gasteiger partial charge in [0.05, 0.1) is 20.3 Å². The zero-order valence-corrected chi connectivity index (χ0v) is 19.2. The molecule has 0 saturated heterocycles. The normalized spacial score (nSPS) is 17.5. The summed E-state index contributed by atoms with van der Waals surface area (Å²) in [5.74, 6) is 0.418. The molecule has 3 aromatic rings.